The predicted octanol–water partition coefficient (Wildman–Crippen LogP) is 7.14. The minimum Gasteiger partial charge on any atom is -0.354 e. The number of benzene rings is 3. The third kappa shape index (κ3) is 8.52. The summed E-state index contributed by atoms with van der Waals surface area (Å²) < 4.78 is 28.8. The molecular formula is C29H31Cl4N3O4S. The summed E-state index contributed by atoms with van der Waals surface area (Å²) in [5.74, 6) is -1.04. The number of nitrogens with one attached hydrogen (secondary N) is 1. The Labute approximate surface area is 261 Å². The van der Waals surface area contributed by atoms with E-state index in [9.17, 15) is 18.0 Å². The van der Waals surface area contributed by atoms with E-state index in [-0.39, 0.29) is 33.1 Å². The third-order valence-electron chi connectivity index (χ3n) is 6.42. The maximum atomic E-state index is 14.0. The Hall–Kier alpha value is -2.49. The van der Waals surface area contributed by atoms with E-state index in [1.807, 2.05) is 13.8 Å². The molecule has 3 aromatic rings. The number of anilines is 1. The van der Waals surface area contributed by atoms with Gasteiger partial charge in [0, 0.05) is 28.2 Å². The van der Waals surface area contributed by atoms with Crippen LogP contribution in [0.25, 0.3) is 0 Å². The highest BCUT2D eigenvalue weighted by atomic mass is 35.5. The van der Waals surface area contributed by atoms with Crippen molar-refractivity contribution in [3.8, 4) is 0 Å². The molecule has 3 rings (SSSR count). The fourth-order valence-corrected chi connectivity index (χ4v) is 6.31. The van der Waals surface area contributed by atoms with Crippen molar-refractivity contribution in [2.45, 2.75) is 51.1 Å². The monoisotopic (exact) mass is 657 g/mol. The zero-order chi connectivity index (χ0) is 30.3. The van der Waals surface area contributed by atoms with Gasteiger partial charge in [0.05, 0.1) is 15.6 Å². The molecule has 0 fully saturated rings. The molecule has 0 aromatic heterocycles. The van der Waals surface area contributed by atoms with E-state index < -0.39 is 28.5 Å². The number of unbranched alkanes of at least 4 members (excludes halogenated alkanes) is 1. The smallest absolute Gasteiger partial charge is 0.264 e. The predicted molar refractivity (Wildman–Crippen MR) is 167 cm³/mol. The van der Waals surface area contributed by atoms with Crippen LogP contribution in [0.5, 0.6) is 0 Å². The Morgan fingerprint density at radius 2 is 1.54 bits per heavy atom. The molecule has 1 N–H and O–H groups in total. The average molecular weight is 659 g/mol. The summed E-state index contributed by atoms with van der Waals surface area (Å²) in [6.07, 6.45) is 1.65. The van der Waals surface area contributed by atoms with Crippen molar-refractivity contribution in [3.05, 3.63) is 91.9 Å². The van der Waals surface area contributed by atoms with Gasteiger partial charge in [0.25, 0.3) is 10.0 Å². The van der Waals surface area contributed by atoms with Crippen LogP contribution in [0.2, 0.25) is 20.1 Å². The van der Waals surface area contributed by atoms with Crippen LogP contribution in [0.4, 0.5) is 5.69 Å². The molecule has 0 bridgehead atoms. The Morgan fingerprint density at radius 1 is 0.902 bits per heavy atom. The van der Waals surface area contributed by atoms with Crippen LogP contribution in [0, 0.1) is 6.92 Å². The number of hydrogen-bond acceptors (Lipinski definition) is 4. The first-order chi connectivity index (χ1) is 19.3. The van der Waals surface area contributed by atoms with E-state index in [0.29, 0.717) is 22.2 Å². The SMILES string of the molecule is CCCCNC(=O)[C@@H](C)N(Cc1ccc(Cl)cc1Cl)C(=O)CN(c1cc(Cl)ccc1Cl)S(=O)(=O)c1ccc(C)cc1. The van der Waals surface area contributed by atoms with E-state index in [1.54, 1.807) is 31.2 Å². The average Bonchev–Trinajstić information content (AvgIpc) is 2.92. The lowest BCUT2D eigenvalue weighted by molar-refractivity contribution is -0.139. The molecule has 1 atom stereocenters. The molecule has 41 heavy (non-hydrogen) atoms. The Morgan fingerprint density at radius 3 is 2.17 bits per heavy atom. The lowest BCUT2D eigenvalue weighted by Gasteiger charge is -2.32. The van der Waals surface area contributed by atoms with Crippen LogP contribution in [-0.2, 0) is 26.2 Å². The minimum absolute atomic E-state index is 0.0256. The second kappa shape index (κ2) is 14.6. The van der Waals surface area contributed by atoms with E-state index in [0.717, 1.165) is 22.7 Å². The van der Waals surface area contributed by atoms with E-state index in [4.69, 9.17) is 46.4 Å². The lowest BCUT2D eigenvalue weighted by Crippen LogP contribution is -2.51. The molecule has 0 unspecified atom stereocenters. The molecule has 2 amide bonds. The highest BCUT2D eigenvalue weighted by molar-refractivity contribution is 7.92. The molecule has 220 valence electrons. The normalized spacial score (nSPS) is 12.1. The van der Waals surface area contributed by atoms with Crippen molar-refractivity contribution in [1.29, 1.82) is 0 Å². The van der Waals surface area contributed by atoms with Crippen molar-refractivity contribution >= 4 is 73.9 Å². The summed E-state index contributed by atoms with van der Waals surface area (Å²) in [7, 11) is -4.29. The standard InChI is InChI=1S/C29H31Cl4N3O4S/c1-4-5-14-34-29(38)20(3)35(17-21-8-9-22(30)15-26(21)33)28(37)18-36(27-16-23(31)10-13-25(27)32)41(39,40)24-11-6-19(2)7-12-24/h6-13,15-16,20H,4-5,14,17-18H2,1-3H3,(H,34,38)/t20-/m1/s1. The summed E-state index contributed by atoms with van der Waals surface area (Å²) in [6, 6.07) is 14.4. The van der Waals surface area contributed by atoms with Gasteiger partial charge in [-0.2, -0.15) is 0 Å². The fraction of sp³-hybridized carbons (Fsp3) is 0.310. The highest BCUT2D eigenvalue weighted by Gasteiger charge is 2.33. The fourth-order valence-electron chi connectivity index (χ4n) is 3.98. The van der Waals surface area contributed by atoms with Gasteiger partial charge in [-0.1, -0.05) is 83.5 Å². The van der Waals surface area contributed by atoms with Gasteiger partial charge < -0.3 is 10.2 Å². The van der Waals surface area contributed by atoms with Crippen molar-refractivity contribution < 1.29 is 18.0 Å². The summed E-state index contributed by atoms with van der Waals surface area (Å²) in [4.78, 5) is 28.3. The van der Waals surface area contributed by atoms with Crippen molar-refractivity contribution in [2.75, 3.05) is 17.4 Å². The van der Waals surface area contributed by atoms with E-state index in [1.165, 1.54) is 41.3 Å². The lowest BCUT2D eigenvalue weighted by atomic mass is 10.1. The summed E-state index contributed by atoms with van der Waals surface area (Å²) in [5, 5.41) is 3.86. The summed E-state index contributed by atoms with van der Waals surface area (Å²) in [5.41, 5.74) is 1.42. The van der Waals surface area contributed by atoms with Crippen LogP contribution < -0.4 is 9.62 Å². The number of amides is 2. The number of carbonyl (C=O) groups is 2. The topological polar surface area (TPSA) is 86.8 Å². The largest absolute Gasteiger partial charge is 0.354 e. The van der Waals surface area contributed by atoms with Gasteiger partial charge in [-0.15, -0.1) is 0 Å². The van der Waals surface area contributed by atoms with Crippen LogP contribution in [0.3, 0.4) is 0 Å². The Kier molecular flexibility index (Phi) is 11.8. The van der Waals surface area contributed by atoms with Gasteiger partial charge in [-0.25, -0.2) is 8.42 Å². The van der Waals surface area contributed by atoms with Gasteiger partial charge in [-0.05, 0) is 68.3 Å². The molecular weight excluding hydrogens is 628 g/mol. The molecule has 7 nitrogen and oxygen atoms in total. The maximum Gasteiger partial charge on any atom is 0.264 e. The summed E-state index contributed by atoms with van der Waals surface area (Å²) in [6.45, 7) is 5.12. The molecule has 0 saturated carbocycles. The molecule has 0 radical (unpaired) electrons. The zero-order valence-electron chi connectivity index (χ0n) is 22.8. The first kappa shape index (κ1) is 33.0. The van der Waals surface area contributed by atoms with Crippen LogP contribution >= 0.6 is 46.4 Å². The van der Waals surface area contributed by atoms with Crippen molar-refractivity contribution in [1.82, 2.24) is 10.2 Å². The van der Waals surface area contributed by atoms with Crippen molar-refractivity contribution in [3.63, 3.8) is 0 Å². The number of hydrogen-bond donors (Lipinski definition) is 1. The van der Waals surface area contributed by atoms with Gasteiger partial charge in [0.1, 0.15) is 12.6 Å². The number of aryl methyl sites for hydroxylation is 1. The van der Waals surface area contributed by atoms with Crippen LogP contribution in [0.1, 0.15) is 37.8 Å². The number of halogens is 4. The second-order valence-electron chi connectivity index (χ2n) is 9.50. The molecule has 3 aromatic carbocycles. The summed E-state index contributed by atoms with van der Waals surface area (Å²) >= 11 is 25.1. The zero-order valence-corrected chi connectivity index (χ0v) is 26.7. The van der Waals surface area contributed by atoms with Gasteiger partial charge >= 0.3 is 0 Å². The van der Waals surface area contributed by atoms with Crippen LogP contribution in [0.15, 0.2) is 65.6 Å². The molecule has 0 heterocycles. The molecule has 0 aliphatic heterocycles. The quantitative estimate of drug-likeness (QED) is 0.210. The second-order valence-corrected chi connectivity index (χ2v) is 13.0. The number of sulfonamides is 1. The maximum absolute atomic E-state index is 14.0. The third-order valence-corrected chi connectivity index (χ3v) is 9.33. The Bertz CT molecular complexity index is 1500. The van der Waals surface area contributed by atoms with E-state index >= 15 is 0 Å². The molecule has 0 aliphatic rings. The van der Waals surface area contributed by atoms with Gasteiger partial charge in [0.15, 0.2) is 0 Å². The Balaban J connectivity index is 2.06. The first-order valence-electron chi connectivity index (χ1n) is 12.9. The first-order valence-corrected chi connectivity index (χ1v) is 15.9. The minimum atomic E-state index is -4.29. The molecule has 0 saturated heterocycles. The number of rotatable bonds is 12. The van der Waals surface area contributed by atoms with Gasteiger partial charge in [0.2, 0.25) is 11.8 Å². The number of carbonyl (C=O) groups excluding carboxylic acids is 2. The number of nitrogens with zero attached hydrogens (tertiary/aromatic N) is 2. The molecule has 12 heteroatoms. The van der Waals surface area contributed by atoms with Gasteiger partial charge in [-0.3, -0.25) is 13.9 Å². The molecule has 0 aliphatic carbocycles. The van der Waals surface area contributed by atoms with Crippen LogP contribution in [-0.4, -0.2) is 44.3 Å². The molecule has 0 spiro atoms. The highest BCUT2D eigenvalue weighted by Crippen LogP contribution is 2.33. The van der Waals surface area contributed by atoms with Crippen molar-refractivity contribution in [2.24, 2.45) is 0 Å². The van der Waals surface area contributed by atoms with E-state index in [2.05, 4.69) is 5.32 Å².